The molecule has 2 saturated heterocycles. The van der Waals surface area contributed by atoms with Gasteiger partial charge in [0.25, 0.3) is 0 Å². The molecule has 2 N–H and O–H groups in total. The Hall–Kier alpha value is -2.59. The number of hydrogen-bond donors (Lipinski definition) is 1. The number of hydrogen-bond acceptors (Lipinski definition) is 7. The first-order chi connectivity index (χ1) is 17.5. The summed E-state index contributed by atoms with van der Waals surface area (Å²) in [5.74, 6) is -0.883. The number of rotatable bonds is 10. The highest BCUT2D eigenvalue weighted by molar-refractivity contribution is 6.45. The first kappa shape index (κ1) is 27.4. The van der Waals surface area contributed by atoms with Crippen molar-refractivity contribution in [3.05, 3.63) is 46.3 Å². The van der Waals surface area contributed by atoms with Crippen molar-refractivity contribution in [2.24, 2.45) is 28.6 Å². The lowest BCUT2D eigenvalue weighted by atomic mass is 9.75. The first-order valence-electron chi connectivity index (χ1n) is 13.1. The molecular weight excluding hydrogens is 473 g/mol. The van der Waals surface area contributed by atoms with Crippen molar-refractivity contribution in [1.29, 1.82) is 0 Å². The topological polar surface area (TPSA) is 140 Å². The summed E-state index contributed by atoms with van der Waals surface area (Å²) in [6.45, 7) is 9.66. The summed E-state index contributed by atoms with van der Waals surface area (Å²) < 4.78 is 18.1. The van der Waals surface area contributed by atoms with E-state index in [1.807, 2.05) is 62.9 Å². The van der Waals surface area contributed by atoms with Crippen LogP contribution in [0.25, 0.3) is 10.4 Å². The quantitative estimate of drug-likeness (QED) is 0.167. The summed E-state index contributed by atoms with van der Waals surface area (Å²) >= 11 is 0. The number of nitrogens with two attached hydrogens (primary N) is 1. The van der Waals surface area contributed by atoms with Gasteiger partial charge in [-0.25, -0.2) is 0 Å². The molecule has 11 heteroatoms. The second-order valence-electron chi connectivity index (χ2n) is 11.7. The van der Waals surface area contributed by atoms with E-state index < -0.39 is 22.7 Å². The maximum Gasteiger partial charge on any atom is 0.457 e. The number of nitrogens with zero attached hydrogens (tertiary/aromatic N) is 4. The summed E-state index contributed by atoms with van der Waals surface area (Å²) in [4.78, 5) is 30.3. The first-order valence-corrected chi connectivity index (χ1v) is 13.1. The van der Waals surface area contributed by atoms with Crippen LogP contribution in [0.2, 0.25) is 6.32 Å². The van der Waals surface area contributed by atoms with Crippen LogP contribution >= 0.6 is 0 Å². The van der Waals surface area contributed by atoms with Crippen LogP contribution in [0.4, 0.5) is 0 Å². The molecule has 1 aliphatic carbocycles. The normalized spacial score (nSPS) is 30.1. The third-order valence-electron chi connectivity index (χ3n) is 8.70. The van der Waals surface area contributed by atoms with Crippen molar-refractivity contribution in [3.63, 3.8) is 0 Å². The zero-order valence-electron chi connectivity index (χ0n) is 22.3. The van der Waals surface area contributed by atoms with E-state index in [9.17, 15) is 15.1 Å². The Kier molecular flexibility index (Phi) is 7.90. The minimum Gasteiger partial charge on any atom is -0.460 e. The van der Waals surface area contributed by atoms with Gasteiger partial charge in [0.05, 0.1) is 17.7 Å². The molecule has 4 atom stereocenters. The van der Waals surface area contributed by atoms with Crippen molar-refractivity contribution in [2.45, 2.75) is 76.6 Å². The highest BCUT2D eigenvalue weighted by Gasteiger charge is 2.60. The maximum atomic E-state index is 13.6. The molecule has 0 radical (unpaired) electrons. The van der Waals surface area contributed by atoms with Crippen molar-refractivity contribution in [2.75, 3.05) is 19.6 Å². The summed E-state index contributed by atoms with van der Waals surface area (Å²) in [5.41, 5.74) is 13.7. The van der Waals surface area contributed by atoms with Gasteiger partial charge in [-0.1, -0.05) is 41.9 Å². The predicted octanol–water partition coefficient (Wildman–Crippen LogP) is 3.70. The van der Waals surface area contributed by atoms with Gasteiger partial charge in [0, 0.05) is 18.0 Å². The van der Waals surface area contributed by atoms with Crippen molar-refractivity contribution in [1.82, 2.24) is 4.90 Å². The van der Waals surface area contributed by atoms with E-state index in [1.165, 1.54) is 0 Å². The van der Waals surface area contributed by atoms with Gasteiger partial charge in [0.1, 0.15) is 12.1 Å². The molecular formula is C26H38BN5O5. The fourth-order valence-corrected chi connectivity index (χ4v) is 6.27. The number of ether oxygens (including phenoxy) is 1. The Morgan fingerprint density at radius 2 is 1.86 bits per heavy atom. The lowest BCUT2D eigenvalue weighted by Crippen LogP contribution is -2.45. The number of esters is 1. The average molecular weight is 511 g/mol. The van der Waals surface area contributed by atoms with E-state index in [2.05, 4.69) is 10.0 Å². The average Bonchev–Trinajstić information content (AvgIpc) is 3.39. The number of azide groups is 1. The minimum absolute atomic E-state index is 0.0902. The van der Waals surface area contributed by atoms with Crippen LogP contribution in [0.15, 0.2) is 35.4 Å². The Labute approximate surface area is 219 Å². The second kappa shape index (κ2) is 10.7. The molecule has 3 aliphatic rings. The molecule has 1 amide bonds. The van der Waals surface area contributed by atoms with Crippen LogP contribution in [0, 0.1) is 17.8 Å². The molecule has 2 heterocycles. The smallest absolute Gasteiger partial charge is 0.457 e. The van der Waals surface area contributed by atoms with Gasteiger partial charge in [0.15, 0.2) is 0 Å². The number of benzene rings is 1. The zero-order valence-corrected chi connectivity index (χ0v) is 22.3. The van der Waals surface area contributed by atoms with Gasteiger partial charge in [-0.05, 0) is 75.7 Å². The number of carbonyl (C=O) groups excluding carboxylic acids is 2. The summed E-state index contributed by atoms with van der Waals surface area (Å²) in [7, 11) is -0.337. The molecule has 200 valence electrons. The van der Waals surface area contributed by atoms with Gasteiger partial charge >= 0.3 is 13.1 Å². The Bertz CT molecular complexity index is 1030. The molecule has 2 unspecified atom stereocenters. The monoisotopic (exact) mass is 511 g/mol. The van der Waals surface area contributed by atoms with Gasteiger partial charge in [-0.15, -0.1) is 0 Å². The molecule has 0 spiro atoms. The van der Waals surface area contributed by atoms with Gasteiger partial charge < -0.3 is 19.8 Å². The van der Waals surface area contributed by atoms with Gasteiger partial charge in [-0.3, -0.25) is 14.5 Å². The molecule has 1 saturated carbocycles. The summed E-state index contributed by atoms with van der Waals surface area (Å²) in [5, 5.41) is 4.15. The molecule has 4 rings (SSSR count). The van der Waals surface area contributed by atoms with Crippen LogP contribution in [-0.2, 0) is 30.2 Å². The molecule has 2 aliphatic heterocycles. The minimum atomic E-state index is -1.28. The van der Waals surface area contributed by atoms with E-state index in [1.54, 1.807) is 0 Å². The van der Waals surface area contributed by atoms with E-state index in [0.717, 1.165) is 12.0 Å². The summed E-state index contributed by atoms with van der Waals surface area (Å²) in [6.07, 6.45) is 2.44. The van der Waals surface area contributed by atoms with Crippen molar-refractivity contribution in [3.8, 4) is 0 Å². The van der Waals surface area contributed by atoms with E-state index >= 15 is 0 Å². The van der Waals surface area contributed by atoms with E-state index in [0.29, 0.717) is 32.3 Å². The highest BCUT2D eigenvalue weighted by Crippen LogP contribution is 2.53. The van der Waals surface area contributed by atoms with Crippen LogP contribution in [0.3, 0.4) is 0 Å². The molecule has 0 bridgehead atoms. The van der Waals surface area contributed by atoms with Gasteiger partial charge in [-0.2, -0.15) is 0 Å². The molecule has 10 nitrogen and oxygen atoms in total. The Morgan fingerprint density at radius 1 is 1.19 bits per heavy atom. The van der Waals surface area contributed by atoms with Crippen LogP contribution in [0.5, 0.6) is 0 Å². The molecule has 1 aromatic carbocycles. The van der Waals surface area contributed by atoms with Gasteiger partial charge in [0.2, 0.25) is 5.91 Å². The number of primary amides is 1. The van der Waals surface area contributed by atoms with Crippen LogP contribution in [0.1, 0.15) is 52.5 Å². The lowest BCUT2D eigenvalue weighted by molar-refractivity contribution is -0.153. The highest BCUT2D eigenvalue weighted by atomic mass is 16.7. The third-order valence-corrected chi connectivity index (χ3v) is 8.70. The SMILES string of the molecule is CC1(C)OB(CCCC2[C@@H]3CN(CC(N)=O)C[C@@H]3CC2(N=[N+]=[N-])C(=O)OCc2ccccc2)OC1(C)C. The number of fused-ring (bicyclic) bond motifs is 1. The van der Waals surface area contributed by atoms with Crippen molar-refractivity contribution < 1.29 is 23.6 Å². The summed E-state index contributed by atoms with van der Waals surface area (Å²) in [6, 6.07) is 9.45. The fraction of sp³-hybridized carbons (Fsp3) is 0.692. The Balaban J connectivity index is 1.51. The Morgan fingerprint density at radius 3 is 2.49 bits per heavy atom. The maximum absolute atomic E-state index is 13.6. The molecule has 3 fully saturated rings. The number of amides is 1. The molecule has 1 aromatic rings. The van der Waals surface area contributed by atoms with Crippen molar-refractivity contribution >= 4 is 19.0 Å². The predicted molar refractivity (Wildman–Crippen MR) is 139 cm³/mol. The number of carbonyl (C=O) groups is 2. The standard InChI is InChI=1S/C26H38BN5O5/c1-24(2)25(3,4)37-27(36-24)12-8-11-21-20-15-32(16-22(28)33)14-19(20)13-26(21,30-31-29)23(34)35-17-18-9-6-5-7-10-18/h5-7,9-10,19-21H,8,11-17H2,1-4H3,(H2,28,33)/t19-,20+,21?,26?/m0/s1. The van der Waals surface area contributed by atoms with Crippen LogP contribution in [-0.4, -0.2) is 60.3 Å². The third kappa shape index (κ3) is 5.65. The van der Waals surface area contributed by atoms with E-state index in [-0.39, 0.29) is 43.9 Å². The molecule has 0 aromatic heterocycles. The lowest BCUT2D eigenvalue weighted by Gasteiger charge is -2.32. The van der Waals surface area contributed by atoms with Crippen LogP contribution < -0.4 is 5.73 Å². The second-order valence-corrected chi connectivity index (χ2v) is 11.7. The molecule has 37 heavy (non-hydrogen) atoms. The number of likely N-dealkylation sites (tertiary alicyclic amines) is 1. The largest absolute Gasteiger partial charge is 0.460 e. The zero-order chi connectivity index (χ0) is 26.8. The fourth-order valence-electron chi connectivity index (χ4n) is 6.27. The van der Waals surface area contributed by atoms with E-state index in [4.69, 9.17) is 19.8 Å².